The smallest absolute Gasteiger partial charge is 0.174 e. The summed E-state index contributed by atoms with van der Waals surface area (Å²) in [5, 5.41) is 13.8. The molecule has 1 aromatic carbocycles. The van der Waals surface area contributed by atoms with E-state index < -0.39 is 0 Å². The molecule has 1 saturated heterocycles. The molecule has 3 aromatic rings. The second-order valence-corrected chi connectivity index (χ2v) is 7.33. The number of anilines is 1. The topological polar surface area (TPSA) is 53.3 Å². The van der Waals surface area contributed by atoms with Gasteiger partial charge < -0.3 is 19.9 Å². The molecular formula is C21H22N4OS. The van der Waals surface area contributed by atoms with E-state index in [-0.39, 0.29) is 17.8 Å². The van der Waals surface area contributed by atoms with Crippen molar-refractivity contribution in [1.82, 2.24) is 14.9 Å². The standard InChI is InChI=1S/C21H22N4OS/c1-14(2)24-13-5-7-18(24)20-19(17-6-3-4-12-22-17)23-21(27)25(20)15-8-10-16(26)11-9-15/h3-14,19-20,26H,1-2H3,(H,23,27)/t19-,20+/m1/s1. The van der Waals surface area contributed by atoms with Gasteiger partial charge in [-0.15, -0.1) is 0 Å². The highest BCUT2D eigenvalue weighted by Gasteiger charge is 2.42. The maximum atomic E-state index is 9.68. The number of phenols is 1. The second kappa shape index (κ2) is 7.04. The van der Waals surface area contributed by atoms with Crippen LogP contribution in [0.25, 0.3) is 0 Å². The molecule has 0 bridgehead atoms. The van der Waals surface area contributed by atoms with Gasteiger partial charge in [-0.25, -0.2) is 0 Å². The lowest BCUT2D eigenvalue weighted by molar-refractivity contribution is 0.475. The highest BCUT2D eigenvalue weighted by Crippen LogP contribution is 2.42. The summed E-state index contributed by atoms with van der Waals surface area (Å²) < 4.78 is 2.27. The molecule has 0 spiro atoms. The van der Waals surface area contributed by atoms with Gasteiger partial charge in [-0.05, 0) is 74.6 Å². The van der Waals surface area contributed by atoms with Crippen LogP contribution in [0.15, 0.2) is 67.0 Å². The van der Waals surface area contributed by atoms with E-state index >= 15 is 0 Å². The van der Waals surface area contributed by atoms with Gasteiger partial charge in [-0.3, -0.25) is 4.98 Å². The Morgan fingerprint density at radius 2 is 1.85 bits per heavy atom. The number of thiocarbonyl (C=S) groups is 1. The van der Waals surface area contributed by atoms with Crippen LogP contribution in [0.5, 0.6) is 5.75 Å². The zero-order valence-corrected chi connectivity index (χ0v) is 16.1. The van der Waals surface area contributed by atoms with E-state index in [2.05, 4.69) is 51.9 Å². The molecule has 3 heterocycles. The van der Waals surface area contributed by atoms with Crippen molar-refractivity contribution in [2.24, 2.45) is 0 Å². The van der Waals surface area contributed by atoms with Crippen LogP contribution in [-0.4, -0.2) is 19.8 Å². The third-order valence-corrected chi connectivity index (χ3v) is 5.21. The number of pyridine rings is 1. The first-order valence-corrected chi connectivity index (χ1v) is 9.43. The Kier molecular flexibility index (Phi) is 4.58. The first-order chi connectivity index (χ1) is 13.1. The molecule has 2 N–H and O–H groups in total. The monoisotopic (exact) mass is 378 g/mol. The van der Waals surface area contributed by atoms with Crippen LogP contribution in [0, 0.1) is 0 Å². The highest BCUT2D eigenvalue weighted by molar-refractivity contribution is 7.80. The maximum absolute atomic E-state index is 9.68. The van der Waals surface area contributed by atoms with Crippen LogP contribution >= 0.6 is 12.2 Å². The van der Waals surface area contributed by atoms with Crippen LogP contribution in [0.3, 0.4) is 0 Å². The molecule has 0 unspecified atom stereocenters. The molecule has 6 heteroatoms. The summed E-state index contributed by atoms with van der Waals surface area (Å²) in [6.07, 6.45) is 3.91. The van der Waals surface area contributed by atoms with Crippen molar-refractivity contribution >= 4 is 23.0 Å². The van der Waals surface area contributed by atoms with Crippen LogP contribution < -0.4 is 10.2 Å². The van der Waals surface area contributed by atoms with Gasteiger partial charge in [0.2, 0.25) is 0 Å². The van der Waals surface area contributed by atoms with Crippen molar-refractivity contribution in [2.45, 2.75) is 32.0 Å². The lowest BCUT2D eigenvalue weighted by Crippen LogP contribution is -2.30. The fourth-order valence-electron chi connectivity index (χ4n) is 3.67. The molecule has 0 saturated carbocycles. The van der Waals surface area contributed by atoms with Gasteiger partial charge in [0, 0.05) is 29.8 Å². The molecule has 1 aliphatic rings. The summed E-state index contributed by atoms with van der Waals surface area (Å²) in [5.74, 6) is 0.236. The maximum Gasteiger partial charge on any atom is 0.174 e. The highest BCUT2D eigenvalue weighted by atomic mass is 32.1. The van der Waals surface area contributed by atoms with Gasteiger partial charge in [0.05, 0.1) is 11.7 Å². The Labute approximate surface area is 164 Å². The molecule has 138 valence electrons. The fourth-order valence-corrected chi connectivity index (χ4v) is 4.02. The number of nitrogens with one attached hydrogen (secondary N) is 1. The number of hydrogen-bond acceptors (Lipinski definition) is 3. The molecule has 1 aliphatic heterocycles. The normalized spacial score (nSPS) is 19.5. The van der Waals surface area contributed by atoms with Gasteiger partial charge in [0.1, 0.15) is 11.8 Å². The van der Waals surface area contributed by atoms with E-state index in [4.69, 9.17) is 12.2 Å². The van der Waals surface area contributed by atoms with E-state index in [0.717, 1.165) is 11.4 Å². The van der Waals surface area contributed by atoms with Gasteiger partial charge in [0.25, 0.3) is 0 Å². The molecule has 1 fully saturated rings. The van der Waals surface area contributed by atoms with Gasteiger partial charge in [-0.1, -0.05) is 6.07 Å². The van der Waals surface area contributed by atoms with E-state index in [1.54, 1.807) is 12.1 Å². The summed E-state index contributed by atoms with van der Waals surface area (Å²) >= 11 is 5.71. The van der Waals surface area contributed by atoms with Crippen molar-refractivity contribution in [1.29, 1.82) is 0 Å². The van der Waals surface area contributed by atoms with Gasteiger partial charge >= 0.3 is 0 Å². The zero-order valence-electron chi connectivity index (χ0n) is 15.3. The average molecular weight is 379 g/mol. The van der Waals surface area contributed by atoms with Crippen molar-refractivity contribution in [3.63, 3.8) is 0 Å². The van der Waals surface area contributed by atoms with E-state index in [0.29, 0.717) is 11.2 Å². The fraction of sp³-hybridized carbons (Fsp3) is 0.238. The number of benzene rings is 1. The number of nitrogens with zero attached hydrogens (tertiary/aromatic N) is 3. The summed E-state index contributed by atoms with van der Waals surface area (Å²) in [7, 11) is 0. The van der Waals surface area contributed by atoms with E-state index in [1.807, 2.05) is 36.5 Å². The third kappa shape index (κ3) is 3.17. The minimum atomic E-state index is -0.0695. The van der Waals surface area contributed by atoms with Crippen LogP contribution in [-0.2, 0) is 0 Å². The summed E-state index contributed by atoms with van der Waals surface area (Å²) in [5.41, 5.74) is 3.05. The van der Waals surface area contributed by atoms with Crippen LogP contribution in [0.1, 0.15) is 43.4 Å². The number of rotatable bonds is 4. The van der Waals surface area contributed by atoms with E-state index in [1.165, 1.54) is 5.69 Å². The lowest BCUT2D eigenvalue weighted by atomic mass is 10.0. The van der Waals surface area contributed by atoms with E-state index in [9.17, 15) is 5.11 Å². The Morgan fingerprint density at radius 3 is 2.52 bits per heavy atom. The minimum absolute atomic E-state index is 0.0469. The SMILES string of the molecule is CC(C)n1cccc1[C@H]1[C@@H](c2ccccn2)NC(=S)N1c1ccc(O)cc1. The van der Waals surface area contributed by atoms with Crippen molar-refractivity contribution < 1.29 is 5.11 Å². The summed E-state index contributed by atoms with van der Waals surface area (Å²) in [6, 6.07) is 17.5. The summed E-state index contributed by atoms with van der Waals surface area (Å²) in [4.78, 5) is 6.69. The molecule has 27 heavy (non-hydrogen) atoms. The lowest BCUT2D eigenvalue weighted by Gasteiger charge is -2.29. The Bertz CT molecular complexity index is 936. The van der Waals surface area contributed by atoms with Gasteiger partial charge in [-0.2, -0.15) is 0 Å². The van der Waals surface area contributed by atoms with Crippen LogP contribution in [0.2, 0.25) is 0 Å². The molecule has 4 rings (SSSR count). The minimum Gasteiger partial charge on any atom is -0.508 e. The first kappa shape index (κ1) is 17.5. The average Bonchev–Trinajstić information content (AvgIpc) is 3.27. The molecule has 0 radical (unpaired) electrons. The van der Waals surface area contributed by atoms with Gasteiger partial charge in [0.15, 0.2) is 5.11 Å². The number of aromatic hydroxyl groups is 1. The number of hydrogen-bond donors (Lipinski definition) is 2. The van der Waals surface area contributed by atoms with Crippen LogP contribution in [0.4, 0.5) is 5.69 Å². The molecule has 5 nitrogen and oxygen atoms in total. The second-order valence-electron chi connectivity index (χ2n) is 6.95. The zero-order chi connectivity index (χ0) is 19.0. The quantitative estimate of drug-likeness (QED) is 0.661. The number of aromatic nitrogens is 2. The molecule has 2 atom stereocenters. The Morgan fingerprint density at radius 1 is 1.07 bits per heavy atom. The molecule has 0 aliphatic carbocycles. The van der Waals surface area contributed by atoms with Crippen molar-refractivity contribution in [3.8, 4) is 5.75 Å². The molecule has 2 aromatic heterocycles. The van der Waals surface area contributed by atoms with Crippen molar-refractivity contribution in [2.75, 3.05) is 4.90 Å². The summed E-state index contributed by atoms with van der Waals surface area (Å²) in [6.45, 7) is 4.34. The number of phenolic OH excluding ortho intramolecular Hbond substituents is 1. The molecular weight excluding hydrogens is 356 g/mol. The Balaban J connectivity index is 1.85. The Hall–Kier alpha value is -2.86. The third-order valence-electron chi connectivity index (χ3n) is 4.90. The predicted molar refractivity (Wildman–Crippen MR) is 111 cm³/mol. The van der Waals surface area contributed by atoms with Crippen molar-refractivity contribution in [3.05, 3.63) is 78.4 Å². The molecule has 0 amide bonds. The largest absolute Gasteiger partial charge is 0.508 e. The predicted octanol–water partition coefficient (Wildman–Crippen LogP) is 4.35. The first-order valence-electron chi connectivity index (χ1n) is 9.02.